The van der Waals surface area contributed by atoms with Gasteiger partial charge in [0, 0.05) is 12.1 Å². The number of nitrogen functional groups attached to an aromatic ring is 1. The molecule has 3 nitrogen and oxygen atoms in total. The molecule has 0 amide bonds. The molecular weight excluding hydrogens is 438 g/mol. The maximum absolute atomic E-state index is 7.08. The van der Waals surface area contributed by atoms with Gasteiger partial charge in [-0.15, -0.1) is 0 Å². The maximum Gasteiger partial charge on any atom is 0.122 e. The third kappa shape index (κ3) is 14.5. The molecule has 0 aliphatic carbocycles. The normalized spacial score (nSPS) is 9.06. The zero-order valence-electron chi connectivity index (χ0n) is 21.9. The van der Waals surface area contributed by atoms with E-state index in [9.17, 15) is 0 Å². The summed E-state index contributed by atoms with van der Waals surface area (Å²) in [4.78, 5) is 0. The Labute approximate surface area is 219 Å². The van der Waals surface area contributed by atoms with Crippen molar-refractivity contribution in [2.24, 2.45) is 11.5 Å². The molecule has 0 aromatic heterocycles. The SMILES string of the molecule is C.CCc1cccc(C)c1.Cc1ccc(C(=N)N)cc1.Cc1ccc(CN)cc1.Cc1ccccc1. The molecule has 192 valence electrons. The van der Waals surface area contributed by atoms with Gasteiger partial charge in [-0.2, -0.15) is 0 Å². The van der Waals surface area contributed by atoms with Crippen LogP contribution in [0.1, 0.15) is 53.3 Å². The molecule has 4 rings (SSSR count). The molecule has 4 aromatic carbocycles. The summed E-state index contributed by atoms with van der Waals surface area (Å²) in [6.45, 7) is 11.1. The summed E-state index contributed by atoms with van der Waals surface area (Å²) in [7, 11) is 0. The molecule has 5 N–H and O–H groups in total. The molecule has 0 heterocycles. The van der Waals surface area contributed by atoms with Gasteiger partial charge in [-0.3, -0.25) is 5.41 Å². The van der Waals surface area contributed by atoms with E-state index in [0.29, 0.717) is 6.54 Å². The molecule has 0 aliphatic heterocycles. The molecular formula is C33H45N3. The zero-order valence-corrected chi connectivity index (χ0v) is 21.9. The van der Waals surface area contributed by atoms with Crippen LogP contribution in [0.15, 0.2) is 103 Å². The Morgan fingerprint density at radius 3 is 1.44 bits per heavy atom. The Morgan fingerprint density at radius 2 is 1.08 bits per heavy atom. The van der Waals surface area contributed by atoms with E-state index >= 15 is 0 Å². The smallest absolute Gasteiger partial charge is 0.122 e. The van der Waals surface area contributed by atoms with E-state index < -0.39 is 0 Å². The third-order valence-corrected chi connectivity index (χ3v) is 5.15. The second-order valence-corrected chi connectivity index (χ2v) is 8.47. The van der Waals surface area contributed by atoms with Crippen molar-refractivity contribution >= 4 is 5.84 Å². The highest BCUT2D eigenvalue weighted by Gasteiger charge is 1.92. The lowest BCUT2D eigenvalue weighted by atomic mass is 10.1. The minimum atomic E-state index is 0. The van der Waals surface area contributed by atoms with Crippen molar-refractivity contribution in [1.82, 2.24) is 0 Å². The molecule has 0 aliphatic rings. The minimum absolute atomic E-state index is 0. The van der Waals surface area contributed by atoms with Gasteiger partial charge < -0.3 is 11.5 Å². The van der Waals surface area contributed by atoms with Crippen LogP contribution >= 0.6 is 0 Å². The maximum atomic E-state index is 7.08. The van der Waals surface area contributed by atoms with E-state index in [-0.39, 0.29) is 13.3 Å². The first-order chi connectivity index (χ1) is 16.7. The van der Waals surface area contributed by atoms with Gasteiger partial charge in [0.05, 0.1) is 0 Å². The number of hydrogen-bond acceptors (Lipinski definition) is 2. The standard InChI is InChI=1S/C9H12.C8H10N2.C8H11N.C7H8.CH4/c1-3-9-6-4-5-8(2)7-9;1-6-2-4-7(5-3-6)8(9)10;1-7-2-4-8(6-9)5-3-7;1-7-5-3-2-4-6-7;/h4-7H,3H2,1-2H3;2-5H,1H3,(H3,9,10);2-5H,6,9H2,1H3;2-6H,1H3;1H4. The average molecular weight is 484 g/mol. The largest absolute Gasteiger partial charge is 0.384 e. The fourth-order valence-corrected chi connectivity index (χ4v) is 2.92. The number of nitrogens with one attached hydrogen (secondary N) is 1. The number of amidine groups is 1. The van der Waals surface area contributed by atoms with Crippen molar-refractivity contribution in [3.8, 4) is 0 Å². The number of benzene rings is 4. The second-order valence-electron chi connectivity index (χ2n) is 8.47. The summed E-state index contributed by atoms with van der Waals surface area (Å²) in [5.41, 5.74) is 19.2. The quantitative estimate of drug-likeness (QED) is 0.204. The second kappa shape index (κ2) is 18.6. The highest BCUT2D eigenvalue weighted by atomic mass is 14.7. The van der Waals surface area contributed by atoms with E-state index in [4.69, 9.17) is 16.9 Å². The van der Waals surface area contributed by atoms with Gasteiger partial charge in [0.1, 0.15) is 5.84 Å². The summed E-state index contributed by atoms with van der Waals surface area (Å²) >= 11 is 0. The highest BCUT2D eigenvalue weighted by Crippen LogP contribution is 2.03. The van der Waals surface area contributed by atoms with Crippen molar-refractivity contribution in [1.29, 1.82) is 5.41 Å². The molecule has 0 saturated heterocycles. The number of nitrogens with two attached hydrogens (primary N) is 2. The Morgan fingerprint density at radius 1 is 0.611 bits per heavy atom. The molecule has 4 aromatic rings. The first-order valence-corrected chi connectivity index (χ1v) is 12.0. The molecule has 0 unspecified atom stereocenters. The van der Waals surface area contributed by atoms with Gasteiger partial charge >= 0.3 is 0 Å². The van der Waals surface area contributed by atoms with Crippen molar-refractivity contribution in [3.63, 3.8) is 0 Å². The molecule has 0 atom stereocenters. The van der Waals surface area contributed by atoms with Crippen LogP contribution in [-0.4, -0.2) is 5.84 Å². The lowest BCUT2D eigenvalue weighted by molar-refractivity contribution is 1.07. The Balaban J connectivity index is 0.000000452. The van der Waals surface area contributed by atoms with Gasteiger partial charge in [-0.25, -0.2) is 0 Å². The van der Waals surface area contributed by atoms with Crippen LogP contribution in [0.2, 0.25) is 0 Å². The minimum Gasteiger partial charge on any atom is -0.384 e. The fourth-order valence-electron chi connectivity index (χ4n) is 2.92. The summed E-state index contributed by atoms with van der Waals surface area (Å²) in [6.07, 6.45) is 1.14. The first-order valence-electron chi connectivity index (χ1n) is 12.0. The van der Waals surface area contributed by atoms with Crippen LogP contribution in [0.5, 0.6) is 0 Å². The van der Waals surface area contributed by atoms with Gasteiger partial charge in [0.25, 0.3) is 0 Å². The van der Waals surface area contributed by atoms with E-state index in [1.807, 2.05) is 49.4 Å². The van der Waals surface area contributed by atoms with Gasteiger partial charge in [-0.05, 0) is 45.2 Å². The van der Waals surface area contributed by atoms with E-state index in [2.05, 4.69) is 88.4 Å². The van der Waals surface area contributed by atoms with Crippen molar-refractivity contribution in [2.75, 3.05) is 0 Å². The van der Waals surface area contributed by atoms with Gasteiger partial charge in [0.15, 0.2) is 0 Å². The fraction of sp³-hybridized carbons (Fsp3) is 0.242. The lowest BCUT2D eigenvalue weighted by Gasteiger charge is -1.96. The molecule has 0 saturated carbocycles. The van der Waals surface area contributed by atoms with Crippen molar-refractivity contribution < 1.29 is 0 Å². The monoisotopic (exact) mass is 483 g/mol. The molecule has 0 fully saturated rings. The molecule has 36 heavy (non-hydrogen) atoms. The van der Waals surface area contributed by atoms with Crippen molar-refractivity contribution in [2.45, 2.75) is 55.0 Å². The summed E-state index contributed by atoms with van der Waals surface area (Å²) in [5.74, 6) is 0.125. The topological polar surface area (TPSA) is 75.9 Å². The van der Waals surface area contributed by atoms with Crippen LogP contribution in [0.3, 0.4) is 0 Å². The molecule has 0 spiro atoms. The van der Waals surface area contributed by atoms with Crippen LogP contribution in [-0.2, 0) is 13.0 Å². The number of aryl methyl sites for hydroxylation is 5. The predicted molar refractivity (Wildman–Crippen MR) is 160 cm³/mol. The van der Waals surface area contributed by atoms with E-state index in [1.54, 1.807) is 0 Å². The Kier molecular flexibility index (Phi) is 16.7. The van der Waals surface area contributed by atoms with Crippen molar-refractivity contribution in [3.05, 3.63) is 142 Å². The highest BCUT2D eigenvalue weighted by molar-refractivity contribution is 5.94. The summed E-state index contributed by atoms with van der Waals surface area (Å²) in [6, 6.07) is 34.7. The number of rotatable bonds is 3. The Bertz CT molecular complexity index is 1100. The molecule has 3 heteroatoms. The van der Waals surface area contributed by atoms with Crippen LogP contribution in [0.4, 0.5) is 0 Å². The molecule has 0 bridgehead atoms. The molecule has 0 radical (unpaired) electrons. The van der Waals surface area contributed by atoms with E-state index in [0.717, 1.165) is 12.0 Å². The van der Waals surface area contributed by atoms with Crippen LogP contribution in [0, 0.1) is 33.1 Å². The summed E-state index contributed by atoms with van der Waals surface area (Å²) < 4.78 is 0. The summed E-state index contributed by atoms with van der Waals surface area (Å²) in [5, 5.41) is 7.08. The van der Waals surface area contributed by atoms with E-state index in [1.165, 1.54) is 33.4 Å². The lowest BCUT2D eigenvalue weighted by Crippen LogP contribution is -2.10. The predicted octanol–water partition coefficient (Wildman–Crippen LogP) is 7.92. The van der Waals surface area contributed by atoms with Crippen LogP contribution < -0.4 is 11.5 Å². The van der Waals surface area contributed by atoms with Gasteiger partial charge in [0.2, 0.25) is 0 Å². The average Bonchev–Trinajstić information content (AvgIpc) is 2.86. The van der Waals surface area contributed by atoms with Crippen LogP contribution in [0.25, 0.3) is 0 Å². The number of hydrogen-bond donors (Lipinski definition) is 3. The van der Waals surface area contributed by atoms with Gasteiger partial charge in [-0.1, -0.05) is 140 Å². The first kappa shape index (κ1) is 32.3. The third-order valence-electron chi connectivity index (χ3n) is 5.15. The Hall–Kier alpha value is -3.69. The zero-order chi connectivity index (χ0) is 26.1.